The first-order valence-electron chi connectivity index (χ1n) is 13.8. The van der Waals surface area contributed by atoms with E-state index in [1.54, 1.807) is 0 Å². The van der Waals surface area contributed by atoms with Gasteiger partial charge in [-0.15, -0.1) is 0 Å². The Morgan fingerprint density at radius 2 is 1.84 bits per heavy atom. The van der Waals surface area contributed by atoms with Gasteiger partial charge >= 0.3 is 19.2 Å². The van der Waals surface area contributed by atoms with Gasteiger partial charge in [0.15, 0.2) is 0 Å². The highest BCUT2D eigenvalue weighted by atomic mass is 16.7. The van der Waals surface area contributed by atoms with Crippen LogP contribution >= 0.6 is 0 Å². The van der Waals surface area contributed by atoms with E-state index in [1.165, 1.54) is 6.42 Å². The summed E-state index contributed by atoms with van der Waals surface area (Å²) < 4.78 is 24.1. The Hall–Kier alpha value is -2.06. The fraction of sp³-hybridized carbons (Fsp3) is 0.724. The number of rotatable bonds is 9. The largest absolute Gasteiger partial charge is 0.481 e. The van der Waals surface area contributed by atoms with E-state index in [9.17, 15) is 9.59 Å². The van der Waals surface area contributed by atoms with Gasteiger partial charge in [0, 0.05) is 6.42 Å². The van der Waals surface area contributed by atoms with Crippen LogP contribution in [0.5, 0.6) is 0 Å². The first-order chi connectivity index (χ1) is 17.3. The number of ether oxygens (including phenoxy) is 2. The van der Waals surface area contributed by atoms with Crippen molar-refractivity contribution in [1.82, 2.24) is 5.32 Å². The SMILES string of the molecule is C[C@@H](CC[C@H](NC(=O)OCc1ccccc1)B1O[C@@H]2C[C@@H]3C[C@@H](C3(C)C)[C@]2(C)O1)CC(=O)OC(C)(C)C. The summed E-state index contributed by atoms with van der Waals surface area (Å²) in [6.07, 6.45) is 3.33. The van der Waals surface area contributed by atoms with Gasteiger partial charge in [-0.1, -0.05) is 51.1 Å². The van der Waals surface area contributed by atoms with E-state index in [0.29, 0.717) is 31.1 Å². The molecule has 204 valence electrons. The average molecular weight is 513 g/mol. The predicted molar refractivity (Wildman–Crippen MR) is 143 cm³/mol. The molecule has 1 saturated heterocycles. The second-order valence-corrected chi connectivity index (χ2v) is 13.1. The molecular formula is C29H44BNO6. The third-order valence-electron chi connectivity index (χ3n) is 8.72. The molecule has 0 aromatic heterocycles. The summed E-state index contributed by atoms with van der Waals surface area (Å²) in [7, 11) is -0.553. The molecule has 0 spiro atoms. The van der Waals surface area contributed by atoms with Gasteiger partial charge in [0.1, 0.15) is 12.2 Å². The van der Waals surface area contributed by atoms with E-state index in [-0.39, 0.29) is 41.6 Å². The van der Waals surface area contributed by atoms with Gasteiger partial charge in [0.25, 0.3) is 0 Å². The Kier molecular flexibility index (Phi) is 8.01. The zero-order chi connectivity index (χ0) is 27.0. The van der Waals surface area contributed by atoms with Crippen LogP contribution in [0.4, 0.5) is 4.79 Å². The number of hydrogen-bond acceptors (Lipinski definition) is 6. The minimum atomic E-state index is -0.553. The number of amides is 1. The molecule has 5 rings (SSSR count). The average Bonchev–Trinajstić information content (AvgIpc) is 3.16. The standard InChI is InChI=1S/C29H44BNO6/c1-19(15-25(32)35-27(2,3)4)13-14-24(31-26(33)34-18-20-11-9-8-10-12-20)30-36-23-17-21-16-22(28(21,5)6)29(23,7)37-30/h8-12,19,21-24H,13-18H2,1-7H3,(H,31,33)/t19-,21-,22-,23+,24-,29-/m0/s1. The van der Waals surface area contributed by atoms with Crippen LogP contribution in [0.25, 0.3) is 0 Å². The summed E-state index contributed by atoms with van der Waals surface area (Å²) in [6, 6.07) is 9.61. The number of alkyl carbamates (subject to hydrolysis) is 1. The van der Waals surface area contributed by atoms with Crippen LogP contribution in [-0.4, -0.2) is 42.4 Å². The summed E-state index contributed by atoms with van der Waals surface area (Å²) in [5.41, 5.74) is 0.297. The van der Waals surface area contributed by atoms with Crippen molar-refractivity contribution in [3.8, 4) is 0 Å². The van der Waals surface area contributed by atoms with Gasteiger partial charge in [-0.3, -0.25) is 4.79 Å². The molecule has 3 saturated carbocycles. The number of hydrogen-bond donors (Lipinski definition) is 1. The van der Waals surface area contributed by atoms with Crippen LogP contribution in [-0.2, 0) is 30.2 Å². The Morgan fingerprint density at radius 3 is 2.49 bits per heavy atom. The summed E-state index contributed by atoms with van der Waals surface area (Å²) >= 11 is 0. The number of esters is 1. The highest BCUT2D eigenvalue weighted by Crippen LogP contribution is 2.65. The topological polar surface area (TPSA) is 83.1 Å². The Morgan fingerprint density at radius 1 is 1.14 bits per heavy atom. The normalized spacial score (nSPS) is 29.5. The van der Waals surface area contributed by atoms with Crippen LogP contribution in [0.1, 0.15) is 86.1 Å². The third-order valence-corrected chi connectivity index (χ3v) is 8.72. The van der Waals surface area contributed by atoms with Gasteiger partial charge in [0.05, 0.1) is 17.6 Å². The van der Waals surface area contributed by atoms with Gasteiger partial charge in [-0.05, 0) is 82.1 Å². The molecule has 7 nitrogen and oxygen atoms in total. The maximum atomic E-state index is 12.8. The molecule has 3 aliphatic carbocycles. The summed E-state index contributed by atoms with van der Waals surface area (Å²) in [4.78, 5) is 25.1. The third kappa shape index (κ3) is 6.34. The van der Waals surface area contributed by atoms with Crippen LogP contribution in [0.3, 0.4) is 0 Å². The number of carbonyl (C=O) groups excluding carboxylic acids is 2. The van der Waals surface area contributed by atoms with Crippen molar-refractivity contribution < 1.29 is 28.4 Å². The Balaban J connectivity index is 1.39. The van der Waals surface area contributed by atoms with Crippen molar-refractivity contribution in [2.75, 3.05) is 0 Å². The molecule has 1 amide bonds. The van der Waals surface area contributed by atoms with E-state index in [2.05, 4.69) is 26.1 Å². The lowest BCUT2D eigenvalue weighted by molar-refractivity contribution is -0.199. The minimum Gasteiger partial charge on any atom is -0.460 e. The van der Waals surface area contributed by atoms with Crippen molar-refractivity contribution in [3.05, 3.63) is 35.9 Å². The van der Waals surface area contributed by atoms with E-state index in [1.807, 2.05) is 58.0 Å². The van der Waals surface area contributed by atoms with Crippen LogP contribution in [0.15, 0.2) is 30.3 Å². The molecule has 1 aliphatic heterocycles. The second-order valence-electron chi connectivity index (χ2n) is 13.1. The fourth-order valence-electron chi connectivity index (χ4n) is 6.50. The van der Waals surface area contributed by atoms with Crippen molar-refractivity contribution >= 4 is 19.2 Å². The Bertz CT molecular complexity index is 963. The lowest BCUT2D eigenvalue weighted by atomic mass is 9.43. The first kappa shape index (κ1) is 28.0. The first-order valence-corrected chi connectivity index (χ1v) is 13.8. The van der Waals surface area contributed by atoms with Gasteiger partial charge in [-0.25, -0.2) is 4.79 Å². The van der Waals surface area contributed by atoms with Gasteiger partial charge in [-0.2, -0.15) is 0 Å². The molecule has 4 aliphatic rings. The quantitative estimate of drug-likeness (QED) is 0.337. The minimum absolute atomic E-state index is 0.0260. The molecule has 4 fully saturated rings. The lowest BCUT2D eigenvalue weighted by Crippen LogP contribution is -2.65. The zero-order valence-corrected chi connectivity index (χ0v) is 23.5. The number of nitrogens with one attached hydrogen (secondary N) is 1. The van der Waals surface area contributed by atoms with Crippen molar-refractivity contribution in [2.24, 2.45) is 23.2 Å². The highest BCUT2D eigenvalue weighted by molar-refractivity contribution is 6.47. The highest BCUT2D eigenvalue weighted by Gasteiger charge is 2.68. The van der Waals surface area contributed by atoms with E-state index in [4.69, 9.17) is 18.8 Å². The maximum Gasteiger partial charge on any atom is 0.481 e. The monoisotopic (exact) mass is 513 g/mol. The lowest BCUT2D eigenvalue weighted by Gasteiger charge is -2.64. The molecule has 8 heteroatoms. The molecule has 6 atom stereocenters. The predicted octanol–water partition coefficient (Wildman–Crippen LogP) is 5.70. The van der Waals surface area contributed by atoms with Crippen molar-refractivity contribution in [3.63, 3.8) is 0 Å². The molecule has 0 unspecified atom stereocenters. The maximum absolute atomic E-state index is 12.8. The smallest absolute Gasteiger partial charge is 0.460 e. The summed E-state index contributed by atoms with van der Waals surface area (Å²) in [6.45, 7) is 14.7. The van der Waals surface area contributed by atoms with Crippen molar-refractivity contribution in [2.45, 2.75) is 110 Å². The van der Waals surface area contributed by atoms with E-state index >= 15 is 0 Å². The van der Waals surface area contributed by atoms with Crippen LogP contribution in [0, 0.1) is 23.2 Å². The molecule has 37 heavy (non-hydrogen) atoms. The van der Waals surface area contributed by atoms with E-state index in [0.717, 1.165) is 12.0 Å². The molecule has 1 N–H and O–H groups in total. The molecular weight excluding hydrogens is 469 g/mol. The molecule has 0 radical (unpaired) electrons. The van der Waals surface area contributed by atoms with Gasteiger partial charge < -0.3 is 24.1 Å². The van der Waals surface area contributed by atoms with Crippen LogP contribution < -0.4 is 5.32 Å². The molecule has 1 aromatic carbocycles. The van der Waals surface area contributed by atoms with E-state index < -0.39 is 18.8 Å². The van der Waals surface area contributed by atoms with Gasteiger partial charge in [0.2, 0.25) is 0 Å². The van der Waals surface area contributed by atoms with Crippen LogP contribution in [0.2, 0.25) is 0 Å². The Labute approximate surface area is 222 Å². The number of carbonyl (C=O) groups is 2. The fourth-order valence-corrected chi connectivity index (χ4v) is 6.50. The molecule has 1 aromatic rings. The summed E-state index contributed by atoms with van der Waals surface area (Å²) in [5, 5.41) is 3.02. The number of benzene rings is 1. The molecule has 2 bridgehead atoms. The molecule has 1 heterocycles. The van der Waals surface area contributed by atoms with Crippen molar-refractivity contribution in [1.29, 1.82) is 0 Å². The summed E-state index contributed by atoms with van der Waals surface area (Å²) in [5.74, 6) is 0.581. The second kappa shape index (κ2) is 10.6. The zero-order valence-electron chi connectivity index (χ0n) is 23.5.